The molecule has 0 atom stereocenters. The predicted molar refractivity (Wildman–Crippen MR) is 39.8 cm³/mol. The molecule has 0 bridgehead atoms. The monoisotopic (exact) mass is 289 g/mol. The average molecular weight is 289 g/mol. The first-order valence-corrected chi connectivity index (χ1v) is 4.07. The van der Waals surface area contributed by atoms with E-state index in [0.717, 1.165) is 25.9 Å². The van der Waals surface area contributed by atoms with Gasteiger partial charge in [0.05, 0.1) is 0 Å². The Labute approximate surface area is 132 Å². The van der Waals surface area contributed by atoms with Crippen molar-refractivity contribution in [3.8, 4) is 0 Å². The third kappa shape index (κ3) is 5.26. The number of aliphatic carboxylic acids is 1. The summed E-state index contributed by atoms with van der Waals surface area (Å²) in [5.41, 5.74) is 0. The number of carboxylic acid groups (broad SMARTS) is 1. The minimum absolute atomic E-state index is 0. The van der Waals surface area contributed by atoms with Crippen LogP contribution in [0.15, 0.2) is 0 Å². The largest absolute Gasteiger partial charge is 1.00 e. The van der Waals surface area contributed by atoms with Gasteiger partial charge in [0.25, 0.3) is 0 Å². The van der Waals surface area contributed by atoms with E-state index < -0.39 is 5.97 Å². The molecule has 0 aromatic rings. The molecule has 0 unspecified atom stereocenters. The number of piperidine rings is 1. The second-order valence-electron chi connectivity index (χ2n) is 3.32. The number of carboxylic acids is 1. The van der Waals surface area contributed by atoms with Crippen molar-refractivity contribution in [1.29, 1.82) is 0 Å². The molecule has 12 heavy (non-hydrogen) atoms. The molecule has 0 aliphatic carbocycles. The number of hydrogen-bond acceptors (Lipinski definition) is 3. The van der Waals surface area contributed by atoms with E-state index >= 15 is 0 Å². The molecular weight excluding hydrogens is 275 g/mol. The first-order chi connectivity index (χ1) is 5.18. The van der Waals surface area contributed by atoms with Gasteiger partial charge in [-0.15, -0.1) is 0 Å². The van der Waals surface area contributed by atoms with Crippen molar-refractivity contribution >= 4 is 5.97 Å². The zero-order valence-electron chi connectivity index (χ0n) is 7.88. The van der Waals surface area contributed by atoms with Crippen LogP contribution in [0.4, 0.5) is 0 Å². The molecule has 3 nitrogen and oxygen atoms in total. The van der Waals surface area contributed by atoms with E-state index in [0.29, 0.717) is 5.92 Å². The first-order valence-electron chi connectivity index (χ1n) is 4.07. The second kappa shape index (κ2) is 6.87. The van der Waals surface area contributed by atoms with Crippen LogP contribution >= 0.6 is 0 Å². The normalized spacial score (nSPS) is 20.1. The molecule has 4 heteroatoms. The molecule has 1 aliphatic heterocycles. The molecule has 0 aromatic heterocycles. The number of carbonyl (C=O) groups excluding carboxylic acids is 1. The summed E-state index contributed by atoms with van der Waals surface area (Å²) in [6.07, 6.45) is 2.25. The number of likely N-dealkylation sites (tertiary alicyclic amines) is 1. The van der Waals surface area contributed by atoms with Gasteiger partial charge in [0.15, 0.2) is 0 Å². The van der Waals surface area contributed by atoms with Gasteiger partial charge < -0.3 is 14.8 Å². The zero-order valence-corrected chi connectivity index (χ0v) is 14.2. The molecule has 0 aromatic carbocycles. The fourth-order valence-corrected chi connectivity index (χ4v) is 1.50. The standard InChI is InChI=1S/C8H15NO2.Cs/c1-9-4-2-7(3-5-9)6-8(10)11;/h7H,2-6H2,1H3,(H,10,11);/q;+1/p-1. The number of hydrogen-bond donors (Lipinski definition) is 0. The molecule has 1 saturated heterocycles. The van der Waals surface area contributed by atoms with Crippen LogP contribution in [0.5, 0.6) is 0 Å². The molecule has 0 saturated carbocycles. The minimum Gasteiger partial charge on any atom is -0.550 e. The Morgan fingerprint density at radius 2 is 2.00 bits per heavy atom. The number of carbonyl (C=O) groups is 1. The minimum atomic E-state index is -0.903. The molecule has 0 amide bonds. The molecular formula is C8H14CsNO2. The summed E-state index contributed by atoms with van der Waals surface area (Å²) < 4.78 is 0. The van der Waals surface area contributed by atoms with Crippen molar-refractivity contribution in [3.63, 3.8) is 0 Å². The Kier molecular flexibility index (Phi) is 7.71. The summed E-state index contributed by atoms with van der Waals surface area (Å²) in [6, 6.07) is 0. The van der Waals surface area contributed by atoms with E-state index in [9.17, 15) is 9.90 Å². The Hall–Kier alpha value is 1.48. The molecule has 0 N–H and O–H groups in total. The number of rotatable bonds is 2. The quantitative estimate of drug-likeness (QED) is 0.529. The zero-order chi connectivity index (χ0) is 8.27. The first kappa shape index (κ1) is 13.5. The molecule has 1 aliphatic rings. The van der Waals surface area contributed by atoms with Gasteiger partial charge in [-0.05, 0) is 45.3 Å². The van der Waals surface area contributed by atoms with Crippen LogP contribution in [0.1, 0.15) is 19.3 Å². The third-order valence-corrected chi connectivity index (χ3v) is 2.29. The topological polar surface area (TPSA) is 43.4 Å². The molecule has 1 rings (SSSR count). The average Bonchev–Trinajstić information content (AvgIpc) is 1.93. The van der Waals surface area contributed by atoms with E-state index in [4.69, 9.17) is 0 Å². The van der Waals surface area contributed by atoms with Gasteiger partial charge in [-0.25, -0.2) is 0 Å². The second-order valence-corrected chi connectivity index (χ2v) is 3.32. The van der Waals surface area contributed by atoms with E-state index in [-0.39, 0.29) is 75.3 Å². The molecule has 1 fully saturated rings. The van der Waals surface area contributed by atoms with Gasteiger partial charge in [0.1, 0.15) is 0 Å². The van der Waals surface area contributed by atoms with Crippen molar-refractivity contribution in [1.82, 2.24) is 4.90 Å². The van der Waals surface area contributed by atoms with Crippen LogP contribution in [0.3, 0.4) is 0 Å². The number of nitrogens with zero attached hydrogens (tertiary/aromatic N) is 1. The summed E-state index contributed by atoms with van der Waals surface area (Å²) in [6.45, 7) is 2.05. The summed E-state index contributed by atoms with van der Waals surface area (Å²) in [5.74, 6) is -0.546. The Bertz CT molecular complexity index is 144. The van der Waals surface area contributed by atoms with Gasteiger partial charge in [-0.3, -0.25) is 0 Å². The maximum absolute atomic E-state index is 10.2. The maximum atomic E-state index is 10.2. The molecule has 0 spiro atoms. The maximum Gasteiger partial charge on any atom is 1.00 e. The van der Waals surface area contributed by atoms with Crippen LogP contribution in [0.25, 0.3) is 0 Å². The van der Waals surface area contributed by atoms with Crippen molar-refractivity contribution < 1.29 is 78.8 Å². The van der Waals surface area contributed by atoms with Gasteiger partial charge in [0.2, 0.25) is 0 Å². The molecule has 1 heterocycles. The van der Waals surface area contributed by atoms with Crippen LogP contribution in [-0.4, -0.2) is 31.0 Å². The predicted octanol–water partition coefficient (Wildman–Crippen LogP) is -3.53. The van der Waals surface area contributed by atoms with Crippen molar-refractivity contribution in [2.75, 3.05) is 20.1 Å². The molecule has 64 valence electrons. The van der Waals surface area contributed by atoms with E-state index in [1.807, 2.05) is 0 Å². The summed E-state index contributed by atoms with van der Waals surface area (Å²) >= 11 is 0. The fraction of sp³-hybridized carbons (Fsp3) is 0.875. The summed E-state index contributed by atoms with van der Waals surface area (Å²) in [7, 11) is 2.06. The van der Waals surface area contributed by atoms with E-state index in [2.05, 4.69) is 11.9 Å². The van der Waals surface area contributed by atoms with Gasteiger partial charge in [0, 0.05) is 5.97 Å². The third-order valence-electron chi connectivity index (χ3n) is 2.29. The van der Waals surface area contributed by atoms with E-state index in [1.165, 1.54) is 0 Å². The van der Waals surface area contributed by atoms with Gasteiger partial charge in [-0.2, -0.15) is 0 Å². The van der Waals surface area contributed by atoms with Gasteiger partial charge in [-0.1, -0.05) is 0 Å². The Morgan fingerprint density at radius 1 is 1.50 bits per heavy atom. The van der Waals surface area contributed by atoms with Crippen LogP contribution in [0.2, 0.25) is 0 Å². The molecule has 0 radical (unpaired) electrons. The SMILES string of the molecule is CN1CCC(CC(=O)[O-])CC1.[Cs+]. The van der Waals surface area contributed by atoms with Crippen molar-refractivity contribution in [2.45, 2.75) is 19.3 Å². The summed E-state index contributed by atoms with van der Waals surface area (Å²) in [5, 5.41) is 10.2. The van der Waals surface area contributed by atoms with Crippen LogP contribution < -0.4 is 74.0 Å². The Balaban J connectivity index is 0.00000121. The fourth-order valence-electron chi connectivity index (χ4n) is 1.50. The van der Waals surface area contributed by atoms with Crippen molar-refractivity contribution in [2.24, 2.45) is 5.92 Å². The summed E-state index contributed by atoms with van der Waals surface area (Å²) in [4.78, 5) is 12.5. The van der Waals surface area contributed by atoms with Gasteiger partial charge >= 0.3 is 68.9 Å². The van der Waals surface area contributed by atoms with Crippen LogP contribution in [-0.2, 0) is 4.79 Å². The Morgan fingerprint density at radius 3 is 2.42 bits per heavy atom. The van der Waals surface area contributed by atoms with Crippen molar-refractivity contribution in [3.05, 3.63) is 0 Å². The van der Waals surface area contributed by atoms with E-state index in [1.54, 1.807) is 0 Å². The van der Waals surface area contributed by atoms with Crippen LogP contribution in [0, 0.1) is 5.92 Å². The smallest absolute Gasteiger partial charge is 0.550 e.